The molecule has 0 bridgehead atoms. The lowest BCUT2D eigenvalue weighted by molar-refractivity contribution is 0.0940. The van der Waals surface area contributed by atoms with Crippen LogP contribution in [0.3, 0.4) is 0 Å². The van der Waals surface area contributed by atoms with E-state index in [-0.39, 0.29) is 12.5 Å². The highest BCUT2D eigenvalue weighted by molar-refractivity contribution is 7.13. The third-order valence-electron chi connectivity index (χ3n) is 3.26. The molecule has 3 rings (SSSR count). The fourth-order valence-corrected chi connectivity index (χ4v) is 2.80. The number of carbonyl (C=O) groups excluding carboxylic acids is 1. The van der Waals surface area contributed by atoms with Gasteiger partial charge in [0.1, 0.15) is 17.1 Å². The van der Waals surface area contributed by atoms with Crippen molar-refractivity contribution in [3.8, 4) is 22.2 Å². The van der Waals surface area contributed by atoms with E-state index >= 15 is 0 Å². The Morgan fingerprint density at radius 1 is 1.21 bits per heavy atom. The van der Waals surface area contributed by atoms with E-state index < -0.39 is 0 Å². The number of rotatable bonds is 6. The largest absolute Gasteiger partial charge is 0.496 e. The van der Waals surface area contributed by atoms with Crippen LogP contribution in [0, 0.1) is 0 Å². The lowest BCUT2D eigenvalue weighted by Crippen LogP contribution is -2.24. The average molecular weight is 345 g/mol. The molecule has 8 heteroatoms. The highest BCUT2D eigenvalue weighted by Gasteiger charge is 2.19. The van der Waals surface area contributed by atoms with Crippen molar-refractivity contribution in [2.24, 2.45) is 0 Å². The maximum atomic E-state index is 12.5. The molecule has 0 aliphatic heterocycles. The Kier molecular flexibility index (Phi) is 4.76. The molecule has 2 aromatic heterocycles. The van der Waals surface area contributed by atoms with Gasteiger partial charge in [0.15, 0.2) is 0 Å². The summed E-state index contributed by atoms with van der Waals surface area (Å²) in [5.74, 6) is 1.33. The van der Waals surface area contributed by atoms with Gasteiger partial charge in [-0.25, -0.2) is 0 Å². The zero-order valence-electron chi connectivity index (χ0n) is 13.1. The first-order valence-electron chi connectivity index (χ1n) is 7.08. The van der Waals surface area contributed by atoms with Crippen molar-refractivity contribution in [3.63, 3.8) is 0 Å². The number of benzene rings is 1. The van der Waals surface area contributed by atoms with Crippen molar-refractivity contribution < 1.29 is 18.8 Å². The number of nitrogens with one attached hydrogen (secondary N) is 1. The van der Waals surface area contributed by atoms with E-state index in [1.165, 1.54) is 25.6 Å². The number of hydrogen-bond donors (Lipinski definition) is 1. The number of hydrogen-bond acceptors (Lipinski definition) is 7. The van der Waals surface area contributed by atoms with Gasteiger partial charge in [0.25, 0.3) is 5.91 Å². The first kappa shape index (κ1) is 16.0. The van der Waals surface area contributed by atoms with E-state index in [1.807, 2.05) is 17.5 Å². The molecular formula is C16H15N3O4S. The van der Waals surface area contributed by atoms with Crippen molar-refractivity contribution in [3.05, 3.63) is 47.2 Å². The zero-order valence-corrected chi connectivity index (χ0v) is 13.9. The van der Waals surface area contributed by atoms with Crippen LogP contribution in [0.5, 0.6) is 11.5 Å². The molecule has 0 radical (unpaired) electrons. The fourth-order valence-electron chi connectivity index (χ4n) is 2.15. The first-order chi connectivity index (χ1) is 11.7. The van der Waals surface area contributed by atoms with Crippen LogP contribution in [0.15, 0.2) is 40.2 Å². The lowest BCUT2D eigenvalue weighted by atomic mass is 10.1. The topological polar surface area (TPSA) is 86.5 Å². The van der Waals surface area contributed by atoms with Gasteiger partial charge >= 0.3 is 0 Å². The molecule has 1 amide bonds. The van der Waals surface area contributed by atoms with Crippen LogP contribution in [0.25, 0.3) is 10.7 Å². The highest BCUT2D eigenvalue weighted by Crippen LogP contribution is 2.28. The highest BCUT2D eigenvalue weighted by atomic mass is 32.1. The minimum absolute atomic E-state index is 0.110. The summed E-state index contributed by atoms with van der Waals surface area (Å²) in [6, 6.07) is 8.95. The molecule has 124 valence electrons. The quantitative estimate of drug-likeness (QED) is 0.739. The normalized spacial score (nSPS) is 10.4. The molecule has 0 fully saturated rings. The Morgan fingerprint density at radius 3 is 2.58 bits per heavy atom. The fraction of sp³-hybridized carbons (Fsp3) is 0.188. The molecular weight excluding hydrogens is 330 g/mol. The van der Waals surface area contributed by atoms with Gasteiger partial charge in [0.05, 0.1) is 25.6 Å². The minimum atomic E-state index is -0.347. The second-order valence-electron chi connectivity index (χ2n) is 4.71. The molecule has 7 nitrogen and oxygen atoms in total. The van der Waals surface area contributed by atoms with Gasteiger partial charge in [0.2, 0.25) is 11.7 Å². The second-order valence-corrected chi connectivity index (χ2v) is 5.66. The lowest BCUT2D eigenvalue weighted by Gasteiger charge is -2.12. The summed E-state index contributed by atoms with van der Waals surface area (Å²) in [4.78, 5) is 17.6. The molecule has 24 heavy (non-hydrogen) atoms. The number of aromatic nitrogens is 2. The van der Waals surface area contributed by atoms with E-state index in [1.54, 1.807) is 18.2 Å². The molecule has 0 spiro atoms. The van der Waals surface area contributed by atoms with Gasteiger partial charge in [-0.2, -0.15) is 4.98 Å². The predicted octanol–water partition coefficient (Wildman–Crippen LogP) is 2.75. The van der Waals surface area contributed by atoms with Gasteiger partial charge in [0, 0.05) is 0 Å². The van der Waals surface area contributed by atoms with Crippen molar-refractivity contribution in [1.82, 2.24) is 15.5 Å². The van der Waals surface area contributed by atoms with Crippen LogP contribution < -0.4 is 14.8 Å². The number of nitrogens with zero attached hydrogens (tertiary/aromatic N) is 2. The Hall–Kier alpha value is -2.87. The van der Waals surface area contributed by atoms with Crippen LogP contribution in [0.2, 0.25) is 0 Å². The van der Waals surface area contributed by atoms with E-state index in [0.717, 1.165) is 4.88 Å². The Bertz CT molecular complexity index is 807. The maximum absolute atomic E-state index is 12.5. The number of amides is 1. The number of thiophene rings is 1. The van der Waals surface area contributed by atoms with E-state index in [0.29, 0.717) is 28.8 Å². The smallest absolute Gasteiger partial charge is 0.259 e. The van der Waals surface area contributed by atoms with Crippen LogP contribution in [0.4, 0.5) is 0 Å². The predicted molar refractivity (Wildman–Crippen MR) is 88.3 cm³/mol. The first-order valence-corrected chi connectivity index (χ1v) is 7.96. The SMILES string of the molecule is COc1cccc(OC)c1C(=O)NCc1nc(-c2cccs2)no1. The van der Waals surface area contributed by atoms with Gasteiger partial charge in [-0.1, -0.05) is 17.3 Å². The molecule has 0 aliphatic rings. The summed E-state index contributed by atoms with van der Waals surface area (Å²) < 4.78 is 15.6. The number of ether oxygens (including phenoxy) is 2. The summed E-state index contributed by atoms with van der Waals surface area (Å²) in [5, 5.41) is 8.56. The van der Waals surface area contributed by atoms with Crippen molar-refractivity contribution in [2.75, 3.05) is 14.2 Å². The summed E-state index contributed by atoms with van der Waals surface area (Å²) in [6.45, 7) is 0.110. The molecule has 0 saturated heterocycles. The Labute approximate surface area is 142 Å². The van der Waals surface area contributed by atoms with E-state index in [4.69, 9.17) is 14.0 Å². The van der Waals surface area contributed by atoms with E-state index in [2.05, 4.69) is 15.5 Å². The minimum Gasteiger partial charge on any atom is -0.496 e. The Morgan fingerprint density at radius 2 is 1.96 bits per heavy atom. The molecule has 0 aliphatic carbocycles. The second kappa shape index (κ2) is 7.14. The number of carbonyl (C=O) groups is 1. The number of methoxy groups -OCH3 is 2. The van der Waals surface area contributed by atoms with Crippen molar-refractivity contribution in [2.45, 2.75) is 6.54 Å². The Balaban J connectivity index is 1.72. The molecule has 3 aromatic rings. The summed E-state index contributed by atoms with van der Waals surface area (Å²) >= 11 is 1.52. The molecule has 0 unspecified atom stereocenters. The van der Waals surface area contributed by atoms with Crippen LogP contribution >= 0.6 is 11.3 Å². The molecule has 0 atom stereocenters. The van der Waals surface area contributed by atoms with Gasteiger partial charge in [-0.3, -0.25) is 4.79 Å². The van der Waals surface area contributed by atoms with Crippen molar-refractivity contribution in [1.29, 1.82) is 0 Å². The standard InChI is InChI=1S/C16H15N3O4S/c1-21-10-5-3-6-11(22-2)14(10)16(20)17-9-13-18-15(19-23-13)12-7-4-8-24-12/h3-8H,9H2,1-2H3,(H,17,20). The maximum Gasteiger partial charge on any atom is 0.259 e. The summed E-state index contributed by atoms with van der Waals surface area (Å²) in [5.41, 5.74) is 0.320. The molecule has 1 N–H and O–H groups in total. The third kappa shape index (κ3) is 3.23. The van der Waals surface area contributed by atoms with Gasteiger partial charge in [-0.05, 0) is 23.6 Å². The summed E-state index contributed by atoms with van der Waals surface area (Å²) in [6.07, 6.45) is 0. The third-order valence-corrected chi connectivity index (χ3v) is 4.13. The van der Waals surface area contributed by atoms with Crippen LogP contribution in [0.1, 0.15) is 16.2 Å². The van der Waals surface area contributed by atoms with E-state index in [9.17, 15) is 4.79 Å². The zero-order chi connectivity index (χ0) is 16.9. The van der Waals surface area contributed by atoms with Crippen LogP contribution in [-0.4, -0.2) is 30.3 Å². The molecule has 1 aromatic carbocycles. The van der Waals surface area contributed by atoms with Crippen molar-refractivity contribution >= 4 is 17.2 Å². The molecule has 0 saturated carbocycles. The van der Waals surface area contributed by atoms with Gasteiger partial charge in [-0.15, -0.1) is 11.3 Å². The monoisotopic (exact) mass is 345 g/mol. The average Bonchev–Trinajstić information content (AvgIpc) is 3.29. The van der Waals surface area contributed by atoms with Crippen LogP contribution in [-0.2, 0) is 6.54 Å². The molecule has 2 heterocycles. The van der Waals surface area contributed by atoms with Gasteiger partial charge < -0.3 is 19.3 Å². The summed E-state index contributed by atoms with van der Waals surface area (Å²) in [7, 11) is 2.99.